The van der Waals surface area contributed by atoms with Crippen LogP contribution in [0.1, 0.15) is 29.0 Å². The molecule has 0 N–H and O–H groups in total. The van der Waals surface area contributed by atoms with Gasteiger partial charge in [0.1, 0.15) is 5.82 Å². The van der Waals surface area contributed by atoms with Gasteiger partial charge in [-0.15, -0.1) is 0 Å². The SMILES string of the molecule is Cc1ccc(S(=O)(=O)[C@H]2C(=O)N(Cc3ccccc3)C(=O)C[C@@H]2c2ccc(F)cc2)cc1. The molecule has 0 aromatic heterocycles. The van der Waals surface area contributed by atoms with Gasteiger partial charge in [0.15, 0.2) is 15.1 Å². The quantitative estimate of drug-likeness (QED) is 0.550. The summed E-state index contributed by atoms with van der Waals surface area (Å²) >= 11 is 0. The van der Waals surface area contributed by atoms with Gasteiger partial charge < -0.3 is 0 Å². The van der Waals surface area contributed by atoms with Crippen LogP contribution in [-0.2, 0) is 26.0 Å². The molecule has 1 aliphatic rings. The molecule has 0 radical (unpaired) electrons. The third kappa shape index (κ3) is 4.21. The summed E-state index contributed by atoms with van der Waals surface area (Å²) in [6.45, 7) is 1.83. The topological polar surface area (TPSA) is 71.5 Å². The molecule has 5 nitrogen and oxygen atoms in total. The van der Waals surface area contributed by atoms with Crippen LogP contribution in [0.4, 0.5) is 4.39 Å². The van der Waals surface area contributed by atoms with Crippen molar-refractivity contribution in [1.29, 1.82) is 0 Å². The third-order valence-corrected chi connectivity index (χ3v) is 7.86. The minimum Gasteiger partial charge on any atom is -0.277 e. The number of piperidine rings is 1. The molecule has 3 aromatic carbocycles. The number of amides is 2. The summed E-state index contributed by atoms with van der Waals surface area (Å²) in [6.07, 6.45) is -0.167. The van der Waals surface area contributed by atoms with Gasteiger partial charge in [0.05, 0.1) is 11.4 Å². The number of hydrogen-bond donors (Lipinski definition) is 0. The Kier molecular flexibility index (Phi) is 5.93. The monoisotopic (exact) mass is 451 g/mol. The lowest BCUT2D eigenvalue weighted by Crippen LogP contribution is -2.53. The number of imide groups is 1. The number of nitrogens with zero attached hydrogens (tertiary/aromatic N) is 1. The van der Waals surface area contributed by atoms with E-state index in [1.165, 1.54) is 36.4 Å². The van der Waals surface area contributed by atoms with Gasteiger partial charge >= 0.3 is 0 Å². The standard InChI is InChI=1S/C25H22FNO4S/c1-17-7-13-21(14-8-17)32(30,31)24-22(19-9-11-20(26)12-10-19)15-23(28)27(25(24)29)16-18-5-3-2-4-6-18/h2-14,22,24H,15-16H2,1H3/t22-,24-/m1/s1. The Balaban J connectivity index is 1.79. The summed E-state index contributed by atoms with van der Waals surface area (Å²) in [5.41, 5.74) is 2.05. The molecule has 2 amide bonds. The Morgan fingerprint density at radius 2 is 1.53 bits per heavy atom. The van der Waals surface area contributed by atoms with Gasteiger partial charge in [0.2, 0.25) is 11.8 Å². The van der Waals surface area contributed by atoms with Gasteiger partial charge in [-0.25, -0.2) is 12.8 Å². The average molecular weight is 452 g/mol. The van der Waals surface area contributed by atoms with Crippen LogP contribution in [0, 0.1) is 12.7 Å². The number of hydrogen-bond acceptors (Lipinski definition) is 4. The normalized spacial score (nSPS) is 19.2. The second-order valence-electron chi connectivity index (χ2n) is 7.94. The molecule has 1 heterocycles. The van der Waals surface area contributed by atoms with Gasteiger partial charge in [0.25, 0.3) is 0 Å². The molecular weight excluding hydrogens is 429 g/mol. The Morgan fingerprint density at radius 3 is 2.16 bits per heavy atom. The van der Waals surface area contributed by atoms with Gasteiger partial charge in [-0.3, -0.25) is 14.5 Å². The van der Waals surface area contributed by atoms with Crippen molar-refractivity contribution in [1.82, 2.24) is 4.90 Å². The summed E-state index contributed by atoms with van der Waals surface area (Å²) in [7, 11) is -4.12. The molecule has 3 aromatic rings. The number of rotatable bonds is 5. The first kappa shape index (κ1) is 21.9. The first-order valence-corrected chi connectivity index (χ1v) is 11.8. The van der Waals surface area contributed by atoms with E-state index >= 15 is 0 Å². The molecular formula is C25H22FNO4S. The van der Waals surface area contributed by atoms with E-state index in [2.05, 4.69) is 0 Å². The van der Waals surface area contributed by atoms with Crippen LogP contribution in [0.5, 0.6) is 0 Å². The lowest BCUT2D eigenvalue weighted by molar-refractivity contribution is -0.149. The van der Waals surface area contributed by atoms with Gasteiger partial charge in [-0.05, 0) is 42.3 Å². The zero-order valence-electron chi connectivity index (χ0n) is 17.4. The fourth-order valence-corrected chi connectivity index (χ4v) is 5.90. The van der Waals surface area contributed by atoms with Gasteiger partial charge in [-0.1, -0.05) is 60.2 Å². The fraction of sp³-hybridized carbons (Fsp3) is 0.200. The van der Waals surface area contributed by atoms with Crippen LogP contribution in [0.25, 0.3) is 0 Å². The van der Waals surface area contributed by atoms with Crippen molar-refractivity contribution < 1.29 is 22.4 Å². The van der Waals surface area contributed by atoms with Gasteiger partial charge in [-0.2, -0.15) is 0 Å². The average Bonchev–Trinajstić information content (AvgIpc) is 2.77. The molecule has 7 heteroatoms. The predicted octanol–water partition coefficient (Wildman–Crippen LogP) is 4.02. The largest absolute Gasteiger partial charge is 0.277 e. The van der Waals surface area contributed by atoms with E-state index in [9.17, 15) is 22.4 Å². The molecule has 0 aliphatic carbocycles. The summed E-state index contributed by atoms with van der Waals surface area (Å²) < 4.78 is 40.7. The number of likely N-dealkylation sites (tertiary alicyclic amines) is 1. The van der Waals surface area contributed by atoms with E-state index in [1.54, 1.807) is 36.4 Å². The number of aryl methyl sites for hydroxylation is 1. The molecule has 0 unspecified atom stereocenters. The maximum absolute atomic E-state index is 13.6. The van der Waals surface area contributed by atoms with Crippen molar-refractivity contribution in [3.05, 3.63) is 101 Å². The number of carbonyl (C=O) groups excluding carboxylic acids is 2. The minimum absolute atomic E-state index is 0.00539. The van der Waals surface area contributed by atoms with Crippen LogP contribution >= 0.6 is 0 Å². The summed E-state index contributed by atoms with van der Waals surface area (Å²) in [5.74, 6) is -2.61. The molecule has 4 rings (SSSR count). The summed E-state index contributed by atoms with van der Waals surface area (Å²) in [5, 5.41) is -1.49. The van der Waals surface area contributed by atoms with Crippen molar-refractivity contribution in [2.45, 2.75) is 36.0 Å². The Morgan fingerprint density at radius 1 is 0.906 bits per heavy atom. The molecule has 164 valence electrons. The third-order valence-electron chi connectivity index (χ3n) is 5.74. The van der Waals surface area contributed by atoms with E-state index in [1.807, 2.05) is 13.0 Å². The highest BCUT2D eigenvalue weighted by atomic mass is 32.2. The highest BCUT2D eigenvalue weighted by Crippen LogP contribution is 2.37. The second-order valence-corrected chi connectivity index (χ2v) is 10.0. The van der Waals surface area contributed by atoms with E-state index in [0.717, 1.165) is 16.0 Å². The highest BCUT2D eigenvalue weighted by molar-refractivity contribution is 7.92. The summed E-state index contributed by atoms with van der Waals surface area (Å²) in [4.78, 5) is 27.5. The molecule has 1 fully saturated rings. The first-order valence-electron chi connectivity index (χ1n) is 10.2. The van der Waals surface area contributed by atoms with Crippen LogP contribution in [0.2, 0.25) is 0 Å². The van der Waals surface area contributed by atoms with Crippen molar-refractivity contribution >= 4 is 21.7 Å². The lowest BCUT2D eigenvalue weighted by Gasteiger charge is -2.36. The number of carbonyl (C=O) groups is 2. The van der Waals surface area contributed by atoms with Crippen LogP contribution in [-0.4, -0.2) is 30.4 Å². The lowest BCUT2D eigenvalue weighted by atomic mass is 9.87. The number of benzene rings is 3. The van der Waals surface area contributed by atoms with E-state index in [-0.39, 0.29) is 17.9 Å². The minimum atomic E-state index is -4.12. The van der Waals surface area contributed by atoms with Crippen LogP contribution < -0.4 is 0 Å². The van der Waals surface area contributed by atoms with Crippen molar-refractivity contribution in [3.63, 3.8) is 0 Å². The van der Waals surface area contributed by atoms with Crippen molar-refractivity contribution in [2.24, 2.45) is 0 Å². The van der Waals surface area contributed by atoms with Crippen molar-refractivity contribution in [3.8, 4) is 0 Å². The van der Waals surface area contributed by atoms with E-state index in [4.69, 9.17) is 0 Å². The molecule has 0 spiro atoms. The maximum Gasteiger partial charge on any atom is 0.248 e. The zero-order chi connectivity index (χ0) is 22.9. The van der Waals surface area contributed by atoms with Crippen LogP contribution in [0.3, 0.4) is 0 Å². The zero-order valence-corrected chi connectivity index (χ0v) is 18.3. The number of sulfone groups is 1. The molecule has 2 atom stereocenters. The van der Waals surface area contributed by atoms with E-state index in [0.29, 0.717) is 5.56 Å². The molecule has 1 aliphatic heterocycles. The first-order chi connectivity index (χ1) is 15.3. The molecule has 1 saturated heterocycles. The van der Waals surface area contributed by atoms with Gasteiger partial charge in [0, 0.05) is 12.3 Å². The second kappa shape index (κ2) is 8.67. The Bertz CT molecular complexity index is 1240. The highest BCUT2D eigenvalue weighted by Gasteiger charge is 2.49. The summed E-state index contributed by atoms with van der Waals surface area (Å²) in [6, 6.07) is 20.5. The fourth-order valence-electron chi connectivity index (χ4n) is 4.01. The molecule has 32 heavy (non-hydrogen) atoms. The Hall–Kier alpha value is -3.32. The molecule has 0 saturated carbocycles. The number of halogens is 1. The van der Waals surface area contributed by atoms with E-state index < -0.39 is 38.6 Å². The van der Waals surface area contributed by atoms with Crippen LogP contribution in [0.15, 0.2) is 83.8 Å². The maximum atomic E-state index is 13.6. The predicted molar refractivity (Wildman–Crippen MR) is 118 cm³/mol. The van der Waals surface area contributed by atoms with Crippen molar-refractivity contribution in [2.75, 3.05) is 0 Å². The smallest absolute Gasteiger partial charge is 0.248 e. The molecule has 0 bridgehead atoms. The Labute approximate surface area is 186 Å².